The fourth-order valence-corrected chi connectivity index (χ4v) is 10.5. The first kappa shape index (κ1) is 44.9. The second-order valence-corrected chi connectivity index (χ2v) is 18.1. The van der Waals surface area contributed by atoms with Gasteiger partial charge in [0.15, 0.2) is 28.8 Å². The van der Waals surface area contributed by atoms with E-state index in [-0.39, 0.29) is 11.4 Å². The summed E-state index contributed by atoms with van der Waals surface area (Å²) in [5.74, 6) is -12.0. The van der Waals surface area contributed by atoms with Gasteiger partial charge in [-0.1, -0.05) is 115 Å². The molecule has 0 fully saturated rings. The Morgan fingerprint density at radius 3 is 1.20 bits per heavy atom. The van der Waals surface area contributed by atoms with E-state index in [0.29, 0.717) is 27.5 Å². The molecular formula is C60H36N6O10. The third kappa shape index (κ3) is 6.57. The van der Waals surface area contributed by atoms with Gasteiger partial charge in [0.05, 0.1) is 44.6 Å². The molecule has 0 amide bonds. The van der Waals surface area contributed by atoms with E-state index in [1.54, 1.807) is 43.0 Å². The van der Waals surface area contributed by atoms with Gasteiger partial charge in [-0.2, -0.15) is 0 Å². The third-order valence-corrected chi connectivity index (χ3v) is 14.0. The number of aromatic hydroxyl groups is 10. The minimum atomic E-state index is -1.24. The molecule has 13 rings (SSSR count). The number of benzene rings is 10. The predicted octanol–water partition coefficient (Wildman–Crippen LogP) is 12.0. The van der Waals surface area contributed by atoms with E-state index in [9.17, 15) is 51.1 Å². The molecule has 10 N–H and O–H groups in total. The molecule has 0 aliphatic heterocycles. The van der Waals surface area contributed by atoms with Crippen LogP contribution in [-0.2, 0) is 0 Å². The van der Waals surface area contributed by atoms with Gasteiger partial charge in [0.25, 0.3) is 0 Å². The second-order valence-electron chi connectivity index (χ2n) is 18.1. The first-order valence-corrected chi connectivity index (χ1v) is 23.5. The van der Waals surface area contributed by atoms with Gasteiger partial charge in [0, 0.05) is 52.3 Å². The number of phenols is 10. The summed E-state index contributed by atoms with van der Waals surface area (Å²) >= 11 is 0. The predicted molar refractivity (Wildman–Crippen MR) is 288 cm³/mol. The van der Waals surface area contributed by atoms with Crippen LogP contribution in [0.5, 0.6) is 57.5 Å². The molecule has 16 heteroatoms. The number of hydrogen-bond acceptors (Lipinski definition) is 16. The summed E-state index contributed by atoms with van der Waals surface area (Å²) in [6.45, 7) is 0. The maximum Gasteiger partial charge on any atom is 0.208 e. The molecule has 0 spiro atoms. The first-order chi connectivity index (χ1) is 36.9. The van der Waals surface area contributed by atoms with Crippen molar-refractivity contribution < 1.29 is 51.1 Å². The van der Waals surface area contributed by atoms with E-state index in [0.717, 1.165) is 77.2 Å². The van der Waals surface area contributed by atoms with E-state index in [1.807, 2.05) is 24.3 Å². The minimum absolute atomic E-state index is 0.225. The van der Waals surface area contributed by atoms with Crippen molar-refractivity contribution in [3.63, 3.8) is 0 Å². The molecule has 0 saturated heterocycles. The molecule has 0 radical (unpaired) electrons. The average molecular weight is 1000 g/mol. The Labute approximate surface area is 427 Å². The SMILES string of the molecule is Oc1c(O)c(O)c(-c2cc(-c3c(O)c(O)c(O)c(O)c3O)nc(-c3ccc4c5cc(-c6ccc(-c7c8ccccc8c(-c8ccccc8)c8ccccc78)c7nccnc67)ccc5c5nccnc5c4c3)n2)c(O)c1O. The van der Waals surface area contributed by atoms with Gasteiger partial charge >= 0.3 is 0 Å². The largest absolute Gasteiger partial charge is 0.504 e. The average Bonchev–Trinajstić information content (AvgIpc) is 3.55. The highest BCUT2D eigenvalue weighted by Crippen LogP contribution is 2.57. The number of hydrogen-bond donors (Lipinski definition) is 10. The Kier molecular flexibility index (Phi) is 9.92. The summed E-state index contributed by atoms with van der Waals surface area (Å²) in [7, 11) is 0. The topological polar surface area (TPSA) is 280 Å². The summed E-state index contributed by atoms with van der Waals surface area (Å²) in [5, 5.41) is 114. The van der Waals surface area contributed by atoms with Crippen molar-refractivity contribution in [2.75, 3.05) is 0 Å². The Hall–Kier alpha value is -11.0. The standard InChI is InChI=1S/C60H36N6O10/c67-50-44(51(68)55(72)58(75)54(50)71)40-26-41(45-52(69)56(73)59(76)57(74)53(45)70)66-60(65-40)29-15-16-31-38-24-28(14-17-36(38)47-49(39(31)25-29)64-23-21-62-47)30-18-19-37(48-46(30)61-20-22-63-48)43-34-12-6-4-10-32(34)42(27-8-2-1-3-9-27)33-11-5-7-13-35(33)43/h1-26,67-76H. The van der Waals surface area contributed by atoms with Gasteiger partial charge in [0.1, 0.15) is 0 Å². The summed E-state index contributed by atoms with van der Waals surface area (Å²) in [6.07, 6.45) is 6.50. The fourth-order valence-electron chi connectivity index (χ4n) is 10.5. The highest BCUT2D eigenvalue weighted by Gasteiger charge is 2.30. The van der Waals surface area contributed by atoms with E-state index in [2.05, 4.69) is 94.9 Å². The fraction of sp³-hybridized carbons (Fsp3) is 0. The summed E-state index contributed by atoms with van der Waals surface area (Å²) in [5.41, 5.74) is 6.20. The van der Waals surface area contributed by atoms with Gasteiger partial charge in [0.2, 0.25) is 34.5 Å². The van der Waals surface area contributed by atoms with Crippen molar-refractivity contribution in [2.24, 2.45) is 0 Å². The van der Waals surface area contributed by atoms with Crippen molar-refractivity contribution in [1.82, 2.24) is 29.9 Å². The van der Waals surface area contributed by atoms with Gasteiger partial charge in [-0.3, -0.25) is 19.9 Å². The van der Waals surface area contributed by atoms with Crippen LogP contribution in [0.4, 0.5) is 0 Å². The van der Waals surface area contributed by atoms with Gasteiger partial charge in [-0.05, 0) is 72.8 Å². The molecule has 13 aromatic rings. The van der Waals surface area contributed by atoms with Crippen LogP contribution in [0, 0.1) is 0 Å². The first-order valence-electron chi connectivity index (χ1n) is 23.5. The molecule has 0 aliphatic rings. The lowest BCUT2D eigenvalue weighted by Gasteiger charge is -2.19. The molecule has 0 bridgehead atoms. The highest BCUT2D eigenvalue weighted by atomic mass is 16.4. The quantitative estimate of drug-likeness (QED) is 0.0321. The van der Waals surface area contributed by atoms with E-state index in [4.69, 9.17) is 19.9 Å². The lowest BCUT2D eigenvalue weighted by Crippen LogP contribution is -1.98. The van der Waals surface area contributed by atoms with Crippen molar-refractivity contribution in [1.29, 1.82) is 0 Å². The normalized spacial score (nSPS) is 11.7. The van der Waals surface area contributed by atoms with Crippen LogP contribution in [0.15, 0.2) is 158 Å². The van der Waals surface area contributed by atoms with Crippen molar-refractivity contribution in [3.05, 3.63) is 158 Å². The lowest BCUT2D eigenvalue weighted by molar-refractivity contribution is 0.329. The third-order valence-electron chi connectivity index (χ3n) is 14.0. The van der Waals surface area contributed by atoms with Crippen molar-refractivity contribution in [3.8, 4) is 125 Å². The Morgan fingerprint density at radius 2 is 0.658 bits per heavy atom. The Balaban J connectivity index is 1.01. The van der Waals surface area contributed by atoms with Crippen LogP contribution in [0.3, 0.4) is 0 Å². The number of nitrogens with zero attached hydrogens (tertiary/aromatic N) is 6. The van der Waals surface area contributed by atoms with Gasteiger partial charge < -0.3 is 51.1 Å². The van der Waals surface area contributed by atoms with Gasteiger partial charge in [-0.25, -0.2) is 9.97 Å². The second kappa shape index (κ2) is 16.8. The van der Waals surface area contributed by atoms with E-state index < -0.39 is 80.0 Å². The molecule has 76 heavy (non-hydrogen) atoms. The number of rotatable bonds is 6. The zero-order chi connectivity index (χ0) is 52.3. The maximum absolute atomic E-state index is 11.0. The summed E-state index contributed by atoms with van der Waals surface area (Å²) < 4.78 is 0. The zero-order valence-electron chi connectivity index (χ0n) is 39.2. The summed E-state index contributed by atoms with van der Waals surface area (Å²) in [6, 6.07) is 43.6. The van der Waals surface area contributed by atoms with Crippen molar-refractivity contribution >= 4 is 65.2 Å². The number of phenolic OH excluding ortho intramolecular Hbond substituents is 10. The van der Waals surface area contributed by atoms with Crippen LogP contribution < -0.4 is 0 Å². The minimum Gasteiger partial charge on any atom is -0.504 e. The molecule has 366 valence electrons. The molecule has 10 aromatic carbocycles. The number of fused-ring (bicyclic) bond motifs is 9. The maximum atomic E-state index is 11.0. The molecular weight excluding hydrogens is 965 g/mol. The van der Waals surface area contributed by atoms with Crippen LogP contribution in [-0.4, -0.2) is 81.0 Å². The molecule has 3 heterocycles. The highest BCUT2D eigenvalue weighted by molar-refractivity contribution is 6.26. The lowest BCUT2D eigenvalue weighted by atomic mass is 9.85. The monoisotopic (exact) mass is 1000 g/mol. The molecule has 3 aromatic heterocycles. The van der Waals surface area contributed by atoms with Gasteiger partial charge in [-0.15, -0.1) is 0 Å². The van der Waals surface area contributed by atoms with Crippen LogP contribution in [0.25, 0.3) is 132 Å². The number of aromatic nitrogens is 6. The Morgan fingerprint density at radius 1 is 0.250 bits per heavy atom. The Bertz CT molecular complexity index is 4470. The molecule has 0 saturated carbocycles. The van der Waals surface area contributed by atoms with E-state index in [1.165, 1.54) is 0 Å². The molecule has 0 atom stereocenters. The zero-order valence-corrected chi connectivity index (χ0v) is 39.2. The molecule has 16 nitrogen and oxygen atoms in total. The van der Waals surface area contributed by atoms with Crippen LogP contribution in [0.2, 0.25) is 0 Å². The summed E-state index contributed by atoms with van der Waals surface area (Å²) in [4.78, 5) is 28.6. The van der Waals surface area contributed by atoms with Crippen LogP contribution in [0.1, 0.15) is 0 Å². The smallest absolute Gasteiger partial charge is 0.208 e. The molecule has 0 unspecified atom stereocenters. The van der Waals surface area contributed by atoms with Crippen LogP contribution >= 0.6 is 0 Å². The van der Waals surface area contributed by atoms with Crippen molar-refractivity contribution in [2.45, 2.75) is 0 Å². The van der Waals surface area contributed by atoms with E-state index >= 15 is 0 Å². The molecule has 0 aliphatic carbocycles.